The maximum atomic E-state index is 9.90. The average Bonchev–Trinajstić information content (AvgIpc) is 2.23. The van der Waals surface area contributed by atoms with E-state index in [0.717, 1.165) is 0 Å². The highest BCUT2D eigenvalue weighted by atomic mass is 16.4. The minimum atomic E-state index is -0.986. The number of aliphatic hydroxyl groups excluding tert-OH is 3. The van der Waals surface area contributed by atoms with Crippen LogP contribution in [0.3, 0.4) is 0 Å². The minimum absolute atomic E-state index is 0.0628. The number of unbranched alkanes of at least 4 members (excludes halogenated alkanes) is 1. The Morgan fingerprint density at radius 2 is 1.35 bits per heavy atom. The molecule has 0 aliphatic heterocycles. The van der Waals surface area contributed by atoms with Gasteiger partial charge in [0.05, 0.1) is 12.7 Å². The first-order chi connectivity index (χ1) is 7.81. The van der Waals surface area contributed by atoms with E-state index in [2.05, 4.69) is 0 Å². The first-order valence-electron chi connectivity index (χ1n) is 5.21. The lowest BCUT2D eigenvalue weighted by molar-refractivity contribution is -0.139. The van der Waals surface area contributed by atoms with Gasteiger partial charge in [0.25, 0.3) is 0 Å². The van der Waals surface area contributed by atoms with E-state index in [-0.39, 0.29) is 19.4 Å². The summed E-state index contributed by atoms with van der Waals surface area (Å²) in [5.41, 5.74) is 0. The molecule has 0 aromatic rings. The van der Waals surface area contributed by atoms with Crippen LogP contribution < -0.4 is 0 Å². The summed E-state index contributed by atoms with van der Waals surface area (Å²) in [7, 11) is 0. The van der Waals surface area contributed by atoms with Gasteiger partial charge in [0.1, 0.15) is 6.10 Å². The van der Waals surface area contributed by atoms with Crippen LogP contribution in [0.4, 0.5) is 0 Å². The summed E-state index contributed by atoms with van der Waals surface area (Å²) < 4.78 is 0. The third-order valence-electron chi connectivity index (χ3n) is 1.78. The molecule has 0 heterocycles. The van der Waals surface area contributed by atoms with Crippen molar-refractivity contribution in [2.45, 2.75) is 44.8 Å². The molecule has 7 nitrogen and oxygen atoms in total. The fourth-order valence-corrected chi connectivity index (χ4v) is 0.705. The van der Waals surface area contributed by atoms with E-state index in [1.807, 2.05) is 0 Å². The molecule has 0 fully saturated rings. The molecular formula is C10H20O7. The molecule has 0 saturated heterocycles. The van der Waals surface area contributed by atoms with Crippen molar-refractivity contribution in [1.29, 1.82) is 0 Å². The highest BCUT2D eigenvalue weighted by Gasteiger charge is 2.06. The van der Waals surface area contributed by atoms with E-state index in [1.54, 1.807) is 0 Å². The van der Waals surface area contributed by atoms with Crippen LogP contribution in [-0.2, 0) is 9.59 Å². The molecule has 2 atom stereocenters. The summed E-state index contributed by atoms with van der Waals surface area (Å²) in [6, 6.07) is 0. The molecule has 0 aliphatic rings. The Labute approximate surface area is 99.3 Å². The van der Waals surface area contributed by atoms with E-state index in [0.29, 0.717) is 12.8 Å². The fourth-order valence-electron chi connectivity index (χ4n) is 0.705. The molecule has 0 aliphatic carbocycles. The summed E-state index contributed by atoms with van der Waals surface area (Å²) >= 11 is 0. The number of aliphatic hydroxyl groups is 3. The average molecular weight is 252 g/mol. The summed E-state index contributed by atoms with van der Waals surface area (Å²) in [6.45, 7) is 1.04. The van der Waals surface area contributed by atoms with Crippen molar-refractivity contribution in [2.24, 2.45) is 0 Å². The maximum absolute atomic E-state index is 9.90. The zero-order valence-corrected chi connectivity index (χ0v) is 9.74. The molecule has 0 bridgehead atoms. The third-order valence-corrected chi connectivity index (χ3v) is 1.78. The zero-order valence-electron chi connectivity index (χ0n) is 9.74. The predicted molar refractivity (Wildman–Crippen MR) is 58.5 cm³/mol. The third kappa shape index (κ3) is 17.4. The van der Waals surface area contributed by atoms with Crippen molar-refractivity contribution >= 4 is 11.9 Å². The second-order valence-corrected chi connectivity index (χ2v) is 3.49. The summed E-state index contributed by atoms with van der Waals surface area (Å²) in [6.07, 6.45) is -0.797. The topological polar surface area (TPSA) is 135 Å². The molecule has 0 aromatic carbocycles. The van der Waals surface area contributed by atoms with E-state index in [4.69, 9.17) is 25.5 Å². The van der Waals surface area contributed by atoms with Crippen molar-refractivity contribution in [2.75, 3.05) is 6.61 Å². The van der Waals surface area contributed by atoms with E-state index in [9.17, 15) is 9.59 Å². The molecule has 2 unspecified atom stereocenters. The van der Waals surface area contributed by atoms with Gasteiger partial charge in [-0.3, -0.25) is 9.59 Å². The van der Waals surface area contributed by atoms with Gasteiger partial charge in [-0.15, -0.1) is 0 Å². The fraction of sp³-hybridized carbons (Fsp3) is 0.800. The monoisotopic (exact) mass is 252 g/mol. The van der Waals surface area contributed by atoms with Crippen molar-refractivity contribution < 1.29 is 35.1 Å². The number of hydrogen-bond donors (Lipinski definition) is 5. The highest BCUT2D eigenvalue weighted by Crippen LogP contribution is 1.98. The predicted octanol–water partition coefficient (Wildman–Crippen LogP) is -0.564. The molecule has 0 aromatic heterocycles. The van der Waals surface area contributed by atoms with Crippen LogP contribution in [0.1, 0.15) is 32.6 Å². The van der Waals surface area contributed by atoms with Gasteiger partial charge in [0.15, 0.2) is 0 Å². The van der Waals surface area contributed by atoms with Crippen LogP contribution in [0.25, 0.3) is 0 Å². The molecule has 5 N–H and O–H groups in total. The smallest absolute Gasteiger partial charge is 0.303 e. The van der Waals surface area contributed by atoms with Crippen LogP contribution in [0.2, 0.25) is 0 Å². The first-order valence-corrected chi connectivity index (χ1v) is 5.21. The quantitative estimate of drug-likeness (QED) is 0.383. The molecule has 0 radical (unpaired) electrons. The maximum Gasteiger partial charge on any atom is 0.303 e. The largest absolute Gasteiger partial charge is 0.481 e. The van der Waals surface area contributed by atoms with Gasteiger partial charge in [-0.05, 0) is 19.8 Å². The Kier molecular flexibility index (Phi) is 12.1. The Morgan fingerprint density at radius 1 is 1.00 bits per heavy atom. The van der Waals surface area contributed by atoms with Crippen molar-refractivity contribution in [3.05, 3.63) is 0 Å². The standard InChI is InChI=1S/C6H10O4.C4H10O3/c7-5(8)3-1-2-4-6(9)10;1-3(6)4(7)2-5/h1-4H2,(H,7,8)(H,9,10);3-7H,2H2,1H3. The van der Waals surface area contributed by atoms with Gasteiger partial charge in [-0.1, -0.05) is 0 Å². The van der Waals surface area contributed by atoms with Crippen LogP contribution in [0.15, 0.2) is 0 Å². The van der Waals surface area contributed by atoms with Gasteiger partial charge in [-0.25, -0.2) is 0 Å². The normalized spacial score (nSPS) is 13.2. The van der Waals surface area contributed by atoms with Crippen molar-refractivity contribution in [3.63, 3.8) is 0 Å². The number of carbonyl (C=O) groups is 2. The molecule has 17 heavy (non-hydrogen) atoms. The van der Waals surface area contributed by atoms with Crippen LogP contribution in [0, 0.1) is 0 Å². The van der Waals surface area contributed by atoms with Gasteiger partial charge < -0.3 is 25.5 Å². The Hall–Kier alpha value is -1.18. The van der Waals surface area contributed by atoms with E-state index >= 15 is 0 Å². The zero-order chi connectivity index (χ0) is 13.8. The second kappa shape index (κ2) is 11.3. The van der Waals surface area contributed by atoms with Crippen LogP contribution >= 0.6 is 0 Å². The van der Waals surface area contributed by atoms with Gasteiger partial charge >= 0.3 is 11.9 Å². The molecule has 0 saturated carbocycles. The van der Waals surface area contributed by atoms with E-state index in [1.165, 1.54) is 6.92 Å². The molecule has 0 amide bonds. The number of hydrogen-bond acceptors (Lipinski definition) is 5. The minimum Gasteiger partial charge on any atom is -0.481 e. The SMILES string of the molecule is CC(O)C(O)CO.O=C(O)CCCCC(=O)O. The lowest BCUT2D eigenvalue weighted by Crippen LogP contribution is -2.25. The number of aliphatic carboxylic acids is 2. The van der Waals surface area contributed by atoms with E-state index < -0.39 is 24.1 Å². The molecular weight excluding hydrogens is 232 g/mol. The molecule has 0 rings (SSSR count). The van der Waals surface area contributed by atoms with Crippen molar-refractivity contribution in [3.8, 4) is 0 Å². The van der Waals surface area contributed by atoms with Gasteiger partial charge in [-0.2, -0.15) is 0 Å². The van der Waals surface area contributed by atoms with Gasteiger partial charge in [0.2, 0.25) is 0 Å². The molecule has 102 valence electrons. The summed E-state index contributed by atoms with van der Waals surface area (Å²) in [5.74, 6) is -1.74. The van der Waals surface area contributed by atoms with Crippen LogP contribution in [-0.4, -0.2) is 56.3 Å². The second-order valence-electron chi connectivity index (χ2n) is 3.49. The molecule has 7 heteroatoms. The van der Waals surface area contributed by atoms with Gasteiger partial charge in [0, 0.05) is 12.8 Å². The number of carboxylic acid groups (broad SMARTS) is 2. The lowest BCUT2D eigenvalue weighted by Gasteiger charge is -2.07. The summed E-state index contributed by atoms with van der Waals surface area (Å²) in [5, 5.41) is 41.2. The van der Waals surface area contributed by atoms with Crippen LogP contribution in [0.5, 0.6) is 0 Å². The number of carboxylic acids is 2. The Balaban J connectivity index is 0. The Morgan fingerprint density at radius 3 is 1.47 bits per heavy atom. The highest BCUT2D eigenvalue weighted by molar-refractivity contribution is 5.67. The Bertz CT molecular complexity index is 199. The first kappa shape index (κ1) is 18.2. The number of rotatable bonds is 7. The van der Waals surface area contributed by atoms with Crippen molar-refractivity contribution in [1.82, 2.24) is 0 Å². The summed E-state index contributed by atoms with van der Waals surface area (Å²) in [4.78, 5) is 19.8. The lowest BCUT2D eigenvalue weighted by atomic mass is 10.2. The molecule has 0 spiro atoms.